The number of nitrogens with one attached hydrogen (secondary N) is 1. The lowest BCUT2D eigenvalue weighted by Gasteiger charge is -2.09. The molecule has 1 aromatic carbocycles. The molecule has 1 aromatic rings. The predicted octanol–water partition coefficient (Wildman–Crippen LogP) is 1.05. The van der Waals surface area contributed by atoms with E-state index in [0.29, 0.717) is 5.56 Å². The zero-order valence-electron chi connectivity index (χ0n) is 9.98. The fraction of sp³-hybridized carbons (Fsp3) is 0.154. The summed E-state index contributed by atoms with van der Waals surface area (Å²) in [4.78, 5) is 10.8. The lowest BCUT2D eigenvalue weighted by molar-refractivity contribution is -0.138. The van der Waals surface area contributed by atoms with Gasteiger partial charge in [-0.25, -0.2) is 8.42 Å². The molecule has 0 saturated carbocycles. The van der Waals surface area contributed by atoms with Crippen molar-refractivity contribution in [3.05, 3.63) is 41.3 Å². The van der Waals surface area contributed by atoms with E-state index < -0.39 is 22.0 Å². The van der Waals surface area contributed by atoms with Gasteiger partial charge in [0.2, 0.25) is 10.0 Å². The van der Waals surface area contributed by atoms with Crippen LogP contribution in [0.2, 0.25) is 0 Å². The standard InChI is InChI=1S/C13H13NO4S/c1-2-6-12(13(15)16)14-19(17,18)10-9-11-7-4-3-5-8-11/h1,3-5,7-10,12,14H,6H2,(H,15,16)/b10-9+. The van der Waals surface area contributed by atoms with E-state index in [1.807, 2.05) is 4.72 Å². The lowest BCUT2D eigenvalue weighted by Crippen LogP contribution is -2.39. The Morgan fingerprint density at radius 2 is 2.05 bits per heavy atom. The summed E-state index contributed by atoms with van der Waals surface area (Å²) in [6, 6.07) is 7.45. The molecule has 1 atom stereocenters. The second-order valence-electron chi connectivity index (χ2n) is 3.68. The Labute approximate surface area is 112 Å². The third kappa shape index (κ3) is 5.38. The summed E-state index contributed by atoms with van der Waals surface area (Å²) < 4.78 is 25.3. The highest BCUT2D eigenvalue weighted by Gasteiger charge is 2.21. The van der Waals surface area contributed by atoms with Crippen LogP contribution in [-0.2, 0) is 14.8 Å². The van der Waals surface area contributed by atoms with Gasteiger partial charge in [-0.3, -0.25) is 4.79 Å². The molecule has 0 fully saturated rings. The van der Waals surface area contributed by atoms with Crippen LogP contribution in [0.1, 0.15) is 12.0 Å². The van der Waals surface area contributed by atoms with Crippen LogP contribution >= 0.6 is 0 Å². The quantitative estimate of drug-likeness (QED) is 0.762. The molecular formula is C13H13NO4S. The number of rotatable bonds is 6. The number of terminal acetylenes is 1. The first-order valence-corrected chi connectivity index (χ1v) is 6.91. The summed E-state index contributed by atoms with van der Waals surface area (Å²) in [6.45, 7) is 0. The number of carboxylic acids is 1. The van der Waals surface area contributed by atoms with Gasteiger partial charge >= 0.3 is 5.97 Å². The van der Waals surface area contributed by atoms with Crippen molar-refractivity contribution in [1.29, 1.82) is 0 Å². The van der Waals surface area contributed by atoms with Crippen LogP contribution in [0.5, 0.6) is 0 Å². The van der Waals surface area contributed by atoms with Crippen molar-refractivity contribution < 1.29 is 18.3 Å². The van der Waals surface area contributed by atoms with Crippen LogP contribution in [0.25, 0.3) is 6.08 Å². The molecule has 0 bridgehead atoms. The smallest absolute Gasteiger partial charge is 0.322 e. The largest absolute Gasteiger partial charge is 0.480 e. The molecule has 0 aliphatic rings. The molecule has 0 radical (unpaired) electrons. The van der Waals surface area contributed by atoms with Crippen LogP contribution < -0.4 is 4.72 Å². The Balaban J connectivity index is 2.79. The second-order valence-corrected chi connectivity index (χ2v) is 5.27. The zero-order chi connectivity index (χ0) is 14.3. The highest BCUT2D eigenvalue weighted by molar-refractivity contribution is 7.92. The maximum absolute atomic E-state index is 11.7. The minimum absolute atomic E-state index is 0.215. The van der Waals surface area contributed by atoms with E-state index in [9.17, 15) is 13.2 Å². The molecule has 100 valence electrons. The van der Waals surface area contributed by atoms with Gasteiger partial charge in [0.25, 0.3) is 0 Å². The van der Waals surface area contributed by atoms with Crippen molar-refractivity contribution in [1.82, 2.24) is 4.72 Å². The van der Waals surface area contributed by atoms with Gasteiger partial charge in [-0.15, -0.1) is 12.3 Å². The number of hydrogen-bond acceptors (Lipinski definition) is 3. The summed E-state index contributed by atoms with van der Waals surface area (Å²) in [5.74, 6) is 0.803. The van der Waals surface area contributed by atoms with Crippen molar-refractivity contribution in [3.63, 3.8) is 0 Å². The Hall–Kier alpha value is -2.10. The van der Waals surface area contributed by atoms with Crippen LogP contribution in [0, 0.1) is 12.3 Å². The van der Waals surface area contributed by atoms with Crippen molar-refractivity contribution in [2.75, 3.05) is 0 Å². The minimum atomic E-state index is -3.85. The Kier molecular flexibility index (Phi) is 5.30. The van der Waals surface area contributed by atoms with Crippen molar-refractivity contribution in [2.45, 2.75) is 12.5 Å². The Morgan fingerprint density at radius 3 is 2.58 bits per heavy atom. The monoisotopic (exact) mass is 279 g/mol. The number of carboxylic acid groups (broad SMARTS) is 1. The lowest BCUT2D eigenvalue weighted by atomic mass is 10.2. The molecule has 0 saturated heterocycles. The normalized spacial score (nSPS) is 13.0. The molecule has 5 nitrogen and oxygen atoms in total. The van der Waals surface area contributed by atoms with Gasteiger partial charge < -0.3 is 5.11 Å². The predicted molar refractivity (Wildman–Crippen MR) is 72.4 cm³/mol. The van der Waals surface area contributed by atoms with E-state index in [1.54, 1.807) is 30.3 Å². The van der Waals surface area contributed by atoms with Crippen molar-refractivity contribution in [2.24, 2.45) is 0 Å². The van der Waals surface area contributed by atoms with E-state index in [2.05, 4.69) is 5.92 Å². The first-order valence-electron chi connectivity index (χ1n) is 5.36. The summed E-state index contributed by atoms with van der Waals surface area (Å²) in [6.07, 6.45) is 6.14. The third-order valence-electron chi connectivity index (χ3n) is 2.17. The number of aliphatic carboxylic acids is 1. The maximum Gasteiger partial charge on any atom is 0.322 e. The zero-order valence-corrected chi connectivity index (χ0v) is 10.8. The minimum Gasteiger partial charge on any atom is -0.480 e. The highest BCUT2D eigenvalue weighted by atomic mass is 32.2. The first-order chi connectivity index (χ1) is 8.94. The maximum atomic E-state index is 11.7. The highest BCUT2D eigenvalue weighted by Crippen LogP contribution is 2.04. The van der Waals surface area contributed by atoms with E-state index in [0.717, 1.165) is 5.41 Å². The molecule has 0 aliphatic carbocycles. The molecular weight excluding hydrogens is 266 g/mol. The number of sulfonamides is 1. The summed E-state index contributed by atoms with van der Waals surface area (Å²) >= 11 is 0. The first kappa shape index (κ1) is 15.0. The van der Waals surface area contributed by atoms with Gasteiger partial charge in [-0.1, -0.05) is 30.3 Å². The molecule has 1 unspecified atom stereocenters. The Morgan fingerprint density at radius 1 is 1.42 bits per heavy atom. The van der Waals surface area contributed by atoms with Gasteiger partial charge in [0.05, 0.1) is 0 Å². The van der Waals surface area contributed by atoms with Gasteiger partial charge in [0, 0.05) is 11.8 Å². The molecule has 0 heterocycles. The molecule has 0 aliphatic heterocycles. The van der Waals surface area contributed by atoms with E-state index in [4.69, 9.17) is 11.5 Å². The van der Waals surface area contributed by atoms with Gasteiger partial charge in [-0.05, 0) is 11.6 Å². The molecule has 0 spiro atoms. The molecule has 1 rings (SSSR count). The average Bonchev–Trinajstić information content (AvgIpc) is 2.37. The van der Waals surface area contributed by atoms with Crippen LogP contribution in [0.15, 0.2) is 35.7 Å². The van der Waals surface area contributed by atoms with Gasteiger partial charge in [0.1, 0.15) is 6.04 Å². The van der Waals surface area contributed by atoms with Gasteiger partial charge in [0.15, 0.2) is 0 Å². The number of benzene rings is 1. The topological polar surface area (TPSA) is 83.5 Å². The summed E-state index contributed by atoms with van der Waals surface area (Å²) in [5, 5.41) is 9.72. The molecule has 2 N–H and O–H groups in total. The second kappa shape index (κ2) is 6.73. The van der Waals surface area contributed by atoms with Crippen LogP contribution in [0.3, 0.4) is 0 Å². The molecule has 0 amide bonds. The number of hydrogen-bond donors (Lipinski definition) is 2. The van der Waals surface area contributed by atoms with Crippen molar-refractivity contribution in [3.8, 4) is 12.3 Å². The number of carbonyl (C=O) groups is 1. The van der Waals surface area contributed by atoms with E-state index in [-0.39, 0.29) is 6.42 Å². The molecule has 6 heteroatoms. The fourth-order valence-corrected chi connectivity index (χ4v) is 2.26. The summed E-state index contributed by atoms with van der Waals surface area (Å²) in [5.41, 5.74) is 0.691. The third-order valence-corrected chi connectivity index (χ3v) is 3.27. The van der Waals surface area contributed by atoms with Crippen LogP contribution in [0.4, 0.5) is 0 Å². The molecule has 19 heavy (non-hydrogen) atoms. The Bertz CT molecular complexity index is 599. The molecule has 0 aromatic heterocycles. The average molecular weight is 279 g/mol. The van der Waals surface area contributed by atoms with Crippen LogP contribution in [-0.4, -0.2) is 25.5 Å². The van der Waals surface area contributed by atoms with Crippen molar-refractivity contribution >= 4 is 22.1 Å². The van der Waals surface area contributed by atoms with E-state index in [1.165, 1.54) is 6.08 Å². The van der Waals surface area contributed by atoms with Gasteiger partial charge in [-0.2, -0.15) is 4.72 Å². The summed E-state index contributed by atoms with van der Waals surface area (Å²) in [7, 11) is -3.85. The SMILES string of the molecule is C#CCC(NS(=O)(=O)/C=C/c1ccccc1)C(=O)O. The van der Waals surface area contributed by atoms with E-state index >= 15 is 0 Å². The fourth-order valence-electron chi connectivity index (χ4n) is 1.27.